The largest absolute Gasteiger partial charge is 0.461 e. The van der Waals surface area contributed by atoms with Gasteiger partial charge in [0, 0.05) is 19.6 Å². The Bertz CT molecular complexity index is 888. The standard InChI is InChI=1S/C20H25N5O2S/c1-4-25-19(17-6-5-11-27-17)22-23-20(25)28-14-18(26)21-12-15-7-9-16(10-8-15)13-24(2)3/h5-11H,4,12-14H2,1-3H3,(H,21,26). The first kappa shape index (κ1) is 20.2. The molecule has 0 spiro atoms. The van der Waals surface area contributed by atoms with Gasteiger partial charge >= 0.3 is 0 Å². The lowest BCUT2D eigenvalue weighted by Crippen LogP contribution is -2.24. The Morgan fingerprint density at radius 3 is 2.57 bits per heavy atom. The summed E-state index contributed by atoms with van der Waals surface area (Å²) in [5, 5.41) is 12.1. The van der Waals surface area contributed by atoms with Crippen LogP contribution in [-0.4, -0.2) is 45.4 Å². The number of carbonyl (C=O) groups is 1. The van der Waals surface area contributed by atoms with Crippen LogP contribution in [0.5, 0.6) is 0 Å². The zero-order valence-electron chi connectivity index (χ0n) is 16.4. The minimum Gasteiger partial charge on any atom is -0.461 e. The van der Waals surface area contributed by atoms with Crippen LogP contribution in [0.25, 0.3) is 11.6 Å². The molecule has 0 aliphatic carbocycles. The molecule has 0 saturated carbocycles. The van der Waals surface area contributed by atoms with E-state index in [0.29, 0.717) is 29.8 Å². The fourth-order valence-electron chi connectivity index (χ4n) is 2.78. The van der Waals surface area contributed by atoms with Crippen molar-refractivity contribution < 1.29 is 9.21 Å². The molecular formula is C20H25N5O2S. The smallest absolute Gasteiger partial charge is 0.230 e. The lowest BCUT2D eigenvalue weighted by Gasteiger charge is -2.10. The van der Waals surface area contributed by atoms with E-state index in [1.54, 1.807) is 6.26 Å². The molecule has 3 rings (SSSR count). The second-order valence-electron chi connectivity index (χ2n) is 6.65. The van der Waals surface area contributed by atoms with Crippen molar-refractivity contribution in [3.8, 4) is 11.6 Å². The molecule has 0 unspecified atom stereocenters. The van der Waals surface area contributed by atoms with E-state index in [1.807, 2.05) is 37.7 Å². The third-order valence-electron chi connectivity index (χ3n) is 4.12. The van der Waals surface area contributed by atoms with Gasteiger partial charge in [0.1, 0.15) is 0 Å². The van der Waals surface area contributed by atoms with Crippen LogP contribution < -0.4 is 5.32 Å². The van der Waals surface area contributed by atoms with Crippen molar-refractivity contribution in [2.75, 3.05) is 19.8 Å². The summed E-state index contributed by atoms with van der Waals surface area (Å²) >= 11 is 1.37. The topological polar surface area (TPSA) is 76.2 Å². The minimum absolute atomic E-state index is 0.0347. The van der Waals surface area contributed by atoms with Gasteiger partial charge in [-0.2, -0.15) is 0 Å². The molecule has 28 heavy (non-hydrogen) atoms. The highest BCUT2D eigenvalue weighted by Crippen LogP contribution is 2.24. The predicted molar refractivity (Wildman–Crippen MR) is 110 cm³/mol. The third-order valence-corrected chi connectivity index (χ3v) is 5.09. The van der Waals surface area contributed by atoms with Gasteiger partial charge in [-0.1, -0.05) is 36.0 Å². The van der Waals surface area contributed by atoms with E-state index in [4.69, 9.17) is 4.42 Å². The van der Waals surface area contributed by atoms with Crippen molar-refractivity contribution in [2.24, 2.45) is 0 Å². The maximum atomic E-state index is 12.2. The molecule has 0 saturated heterocycles. The van der Waals surface area contributed by atoms with E-state index in [0.717, 1.165) is 12.1 Å². The van der Waals surface area contributed by atoms with Crippen LogP contribution in [0.2, 0.25) is 0 Å². The van der Waals surface area contributed by atoms with Gasteiger partial charge in [-0.25, -0.2) is 0 Å². The van der Waals surface area contributed by atoms with Crippen molar-refractivity contribution in [3.05, 3.63) is 53.8 Å². The summed E-state index contributed by atoms with van der Waals surface area (Å²) in [5.74, 6) is 1.60. The van der Waals surface area contributed by atoms with Gasteiger partial charge in [0.05, 0.1) is 12.0 Å². The number of hydrogen-bond acceptors (Lipinski definition) is 6. The molecule has 0 fully saturated rings. The molecular weight excluding hydrogens is 374 g/mol. The molecule has 1 amide bonds. The fourth-order valence-corrected chi connectivity index (χ4v) is 3.61. The van der Waals surface area contributed by atoms with Crippen LogP contribution in [0.1, 0.15) is 18.1 Å². The number of rotatable bonds is 9. The van der Waals surface area contributed by atoms with E-state index in [9.17, 15) is 4.79 Å². The quantitative estimate of drug-likeness (QED) is 0.558. The number of hydrogen-bond donors (Lipinski definition) is 1. The summed E-state index contributed by atoms with van der Waals surface area (Å²) in [6.45, 7) is 4.13. The monoisotopic (exact) mass is 399 g/mol. The average Bonchev–Trinajstić information content (AvgIpc) is 3.34. The van der Waals surface area contributed by atoms with Gasteiger partial charge in [0.25, 0.3) is 0 Å². The minimum atomic E-state index is -0.0347. The molecule has 0 atom stereocenters. The van der Waals surface area contributed by atoms with Gasteiger partial charge in [-0.3, -0.25) is 9.36 Å². The van der Waals surface area contributed by atoms with Crippen molar-refractivity contribution in [1.29, 1.82) is 0 Å². The molecule has 0 aliphatic rings. The summed E-state index contributed by atoms with van der Waals surface area (Å²) in [5.41, 5.74) is 2.33. The predicted octanol–water partition coefficient (Wildman–Crippen LogP) is 3.03. The number of aromatic nitrogens is 3. The van der Waals surface area contributed by atoms with Gasteiger partial charge in [-0.15, -0.1) is 10.2 Å². The molecule has 0 aliphatic heterocycles. The Labute approximate surface area is 169 Å². The second kappa shape index (κ2) is 9.57. The van der Waals surface area contributed by atoms with Gasteiger partial charge < -0.3 is 14.6 Å². The van der Waals surface area contributed by atoms with E-state index in [2.05, 4.69) is 44.7 Å². The lowest BCUT2D eigenvalue weighted by atomic mass is 10.1. The molecule has 0 radical (unpaired) electrons. The molecule has 1 aromatic carbocycles. The van der Waals surface area contributed by atoms with Crippen LogP contribution in [0, 0.1) is 0 Å². The number of nitrogens with one attached hydrogen (secondary N) is 1. The summed E-state index contributed by atoms with van der Waals surface area (Å²) in [7, 11) is 4.09. The molecule has 2 heterocycles. The molecule has 8 heteroatoms. The number of benzene rings is 1. The molecule has 148 valence electrons. The van der Waals surface area contributed by atoms with Crippen LogP contribution in [-0.2, 0) is 24.4 Å². The summed E-state index contributed by atoms with van der Waals surface area (Å²) in [6.07, 6.45) is 1.61. The van der Waals surface area contributed by atoms with Crippen LogP contribution >= 0.6 is 11.8 Å². The Balaban J connectivity index is 1.51. The van der Waals surface area contributed by atoms with Gasteiger partial charge in [-0.05, 0) is 44.3 Å². The molecule has 0 bridgehead atoms. The van der Waals surface area contributed by atoms with E-state index in [1.165, 1.54) is 17.3 Å². The number of nitrogens with zero attached hydrogens (tertiary/aromatic N) is 4. The van der Waals surface area contributed by atoms with Gasteiger partial charge in [0.2, 0.25) is 5.91 Å². The third kappa shape index (κ3) is 5.24. The first-order chi connectivity index (χ1) is 13.6. The summed E-state index contributed by atoms with van der Waals surface area (Å²) < 4.78 is 7.35. The van der Waals surface area contributed by atoms with E-state index < -0.39 is 0 Å². The second-order valence-corrected chi connectivity index (χ2v) is 7.59. The van der Waals surface area contributed by atoms with Crippen molar-refractivity contribution >= 4 is 17.7 Å². The highest BCUT2D eigenvalue weighted by Gasteiger charge is 2.16. The first-order valence-electron chi connectivity index (χ1n) is 9.16. The molecule has 7 nitrogen and oxygen atoms in total. The van der Waals surface area contributed by atoms with Crippen molar-refractivity contribution in [3.63, 3.8) is 0 Å². The highest BCUT2D eigenvalue weighted by atomic mass is 32.2. The number of furan rings is 1. The zero-order chi connectivity index (χ0) is 19.9. The SMILES string of the molecule is CCn1c(SCC(=O)NCc2ccc(CN(C)C)cc2)nnc1-c1ccco1. The normalized spacial score (nSPS) is 11.1. The molecule has 1 N–H and O–H groups in total. The highest BCUT2D eigenvalue weighted by molar-refractivity contribution is 7.99. The Morgan fingerprint density at radius 1 is 1.18 bits per heavy atom. The van der Waals surface area contributed by atoms with E-state index >= 15 is 0 Å². The zero-order valence-corrected chi connectivity index (χ0v) is 17.2. The Hall–Kier alpha value is -2.58. The van der Waals surface area contributed by atoms with Gasteiger partial charge in [0.15, 0.2) is 16.7 Å². The molecule has 3 aromatic rings. The fraction of sp³-hybridized carbons (Fsp3) is 0.350. The average molecular weight is 400 g/mol. The number of amides is 1. The van der Waals surface area contributed by atoms with E-state index in [-0.39, 0.29) is 11.7 Å². The molecule has 2 aromatic heterocycles. The number of thioether (sulfide) groups is 1. The summed E-state index contributed by atoms with van der Waals surface area (Å²) in [6, 6.07) is 12.0. The number of carbonyl (C=O) groups excluding carboxylic acids is 1. The first-order valence-corrected chi connectivity index (χ1v) is 10.1. The van der Waals surface area contributed by atoms with Crippen molar-refractivity contribution in [1.82, 2.24) is 25.0 Å². The maximum Gasteiger partial charge on any atom is 0.230 e. The van der Waals surface area contributed by atoms with Crippen LogP contribution in [0.15, 0.2) is 52.2 Å². The Morgan fingerprint density at radius 2 is 1.93 bits per heavy atom. The van der Waals surface area contributed by atoms with Crippen LogP contribution in [0.4, 0.5) is 0 Å². The Kier molecular flexibility index (Phi) is 6.89. The maximum absolute atomic E-state index is 12.2. The van der Waals surface area contributed by atoms with Crippen LogP contribution in [0.3, 0.4) is 0 Å². The van der Waals surface area contributed by atoms with Crippen molar-refractivity contribution in [2.45, 2.75) is 31.7 Å². The lowest BCUT2D eigenvalue weighted by molar-refractivity contribution is -0.118. The summed E-state index contributed by atoms with van der Waals surface area (Å²) in [4.78, 5) is 14.3.